The van der Waals surface area contributed by atoms with E-state index in [9.17, 15) is 19.7 Å². The molecule has 0 spiro atoms. The number of nitrogens with one attached hydrogen (secondary N) is 1. The van der Waals surface area contributed by atoms with Gasteiger partial charge in [-0.1, -0.05) is 48.9 Å². The molecule has 0 fully saturated rings. The smallest absolute Gasteiger partial charge is 0.273 e. The summed E-state index contributed by atoms with van der Waals surface area (Å²) in [5.74, 6) is -0.650. The lowest BCUT2D eigenvalue weighted by molar-refractivity contribution is -0.385. The SMILES string of the molecule is CCCNC(=O)[C@H](C)N(Cc1cccc(Cl)c1)C(=O)Cc1ccccc1[N+](=O)[O-]. The zero-order valence-corrected chi connectivity index (χ0v) is 17.2. The molecule has 2 aromatic carbocycles. The quantitative estimate of drug-likeness (QED) is 0.497. The van der Waals surface area contributed by atoms with Crippen LogP contribution in [0.25, 0.3) is 0 Å². The summed E-state index contributed by atoms with van der Waals surface area (Å²) in [5, 5.41) is 14.6. The Labute approximate surface area is 174 Å². The number of rotatable bonds is 9. The molecule has 1 atom stereocenters. The lowest BCUT2D eigenvalue weighted by Crippen LogP contribution is -2.48. The number of nitrogens with zero attached hydrogens (tertiary/aromatic N) is 2. The second-order valence-corrected chi connectivity index (χ2v) is 7.12. The van der Waals surface area contributed by atoms with Crippen LogP contribution in [0.2, 0.25) is 5.02 Å². The highest BCUT2D eigenvalue weighted by atomic mass is 35.5. The Kier molecular flexibility index (Phi) is 8.15. The lowest BCUT2D eigenvalue weighted by atomic mass is 10.1. The molecule has 2 amide bonds. The maximum absolute atomic E-state index is 13.1. The summed E-state index contributed by atoms with van der Waals surface area (Å²) in [4.78, 5) is 37.8. The van der Waals surface area contributed by atoms with Gasteiger partial charge >= 0.3 is 0 Å². The molecule has 7 nitrogen and oxygen atoms in total. The molecule has 29 heavy (non-hydrogen) atoms. The molecule has 0 radical (unpaired) electrons. The second-order valence-electron chi connectivity index (χ2n) is 6.68. The average Bonchev–Trinajstić information content (AvgIpc) is 2.69. The lowest BCUT2D eigenvalue weighted by Gasteiger charge is -2.29. The Morgan fingerprint density at radius 2 is 1.93 bits per heavy atom. The van der Waals surface area contributed by atoms with Crippen LogP contribution in [0.15, 0.2) is 48.5 Å². The van der Waals surface area contributed by atoms with Crippen LogP contribution in [0.5, 0.6) is 0 Å². The first-order valence-corrected chi connectivity index (χ1v) is 9.75. The van der Waals surface area contributed by atoms with Crippen molar-refractivity contribution in [3.8, 4) is 0 Å². The van der Waals surface area contributed by atoms with Crippen molar-refractivity contribution in [3.05, 3.63) is 74.8 Å². The van der Waals surface area contributed by atoms with Gasteiger partial charge in [0.1, 0.15) is 6.04 Å². The second kappa shape index (κ2) is 10.6. The van der Waals surface area contributed by atoms with Gasteiger partial charge in [-0.2, -0.15) is 0 Å². The third-order valence-electron chi connectivity index (χ3n) is 4.49. The van der Waals surface area contributed by atoms with Gasteiger partial charge in [0, 0.05) is 29.7 Å². The predicted molar refractivity (Wildman–Crippen MR) is 112 cm³/mol. The maximum atomic E-state index is 13.1. The highest BCUT2D eigenvalue weighted by molar-refractivity contribution is 6.30. The minimum absolute atomic E-state index is 0.119. The van der Waals surface area contributed by atoms with Crippen molar-refractivity contribution in [1.29, 1.82) is 0 Å². The molecule has 0 aromatic heterocycles. The Balaban J connectivity index is 2.29. The fourth-order valence-electron chi connectivity index (χ4n) is 2.91. The standard InChI is InChI=1S/C21H24ClN3O4/c1-3-11-23-21(27)15(2)24(14-16-7-6-9-18(22)12-16)20(26)13-17-8-4-5-10-19(17)25(28)29/h4-10,12,15H,3,11,13-14H2,1-2H3,(H,23,27)/t15-/m0/s1. The van der Waals surface area contributed by atoms with Crippen molar-refractivity contribution in [2.45, 2.75) is 39.3 Å². The van der Waals surface area contributed by atoms with Gasteiger partial charge in [-0.05, 0) is 31.0 Å². The van der Waals surface area contributed by atoms with E-state index in [2.05, 4.69) is 5.32 Å². The first-order valence-electron chi connectivity index (χ1n) is 9.37. The van der Waals surface area contributed by atoms with E-state index in [0.29, 0.717) is 17.1 Å². The van der Waals surface area contributed by atoms with E-state index in [-0.39, 0.29) is 30.5 Å². The number of hydrogen-bond donors (Lipinski definition) is 1. The van der Waals surface area contributed by atoms with Gasteiger partial charge in [0.15, 0.2) is 0 Å². The molecule has 1 N–H and O–H groups in total. The van der Waals surface area contributed by atoms with Crippen molar-refractivity contribution in [2.75, 3.05) is 6.54 Å². The topological polar surface area (TPSA) is 92.6 Å². The molecule has 0 aliphatic carbocycles. The van der Waals surface area contributed by atoms with Crippen LogP contribution < -0.4 is 5.32 Å². The largest absolute Gasteiger partial charge is 0.354 e. The van der Waals surface area contributed by atoms with Gasteiger partial charge < -0.3 is 10.2 Å². The van der Waals surface area contributed by atoms with E-state index in [0.717, 1.165) is 12.0 Å². The van der Waals surface area contributed by atoms with E-state index in [4.69, 9.17) is 11.6 Å². The summed E-state index contributed by atoms with van der Waals surface area (Å²) in [6.45, 7) is 4.26. The number of carbonyl (C=O) groups excluding carboxylic acids is 2. The molecular weight excluding hydrogens is 394 g/mol. The van der Waals surface area contributed by atoms with Crippen molar-refractivity contribution in [2.24, 2.45) is 0 Å². The number of halogens is 1. The number of nitro groups is 1. The molecule has 2 rings (SSSR count). The van der Waals surface area contributed by atoms with Gasteiger partial charge in [0.2, 0.25) is 11.8 Å². The van der Waals surface area contributed by atoms with Crippen LogP contribution in [0.1, 0.15) is 31.4 Å². The highest BCUT2D eigenvalue weighted by Gasteiger charge is 2.27. The van der Waals surface area contributed by atoms with Gasteiger partial charge in [0.25, 0.3) is 5.69 Å². The molecule has 154 valence electrons. The van der Waals surface area contributed by atoms with Crippen LogP contribution in [-0.4, -0.2) is 34.2 Å². The predicted octanol–water partition coefficient (Wildman–Crippen LogP) is 3.73. The average molecular weight is 418 g/mol. The number of benzene rings is 2. The molecule has 2 aromatic rings. The van der Waals surface area contributed by atoms with Gasteiger partial charge in [-0.25, -0.2) is 0 Å². The van der Waals surface area contributed by atoms with Crippen LogP contribution in [0, 0.1) is 10.1 Å². The van der Waals surface area contributed by atoms with E-state index in [1.54, 1.807) is 43.3 Å². The van der Waals surface area contributed by atoms with E-state index < -0.39 is 11.0 Å². The van der Waals surface area contributed by atoms with Gasteiger partial charge in [-0.3, -0.25) is 19.7 Å². The highest BCUT2D eigenvalue weighted by Crippen LogP contribution is 2.21. The normalized spacial score (nSPS) is 11.6. The van der Waals surface area contributed by atoms with E-state index in [1.807, 2.05) is 13.0 Å². The number of hydrogen-bond acceptors (Lipinski definition) is 4. The van der Waals surface area contributed by atoms with Crippen LogP contribution in [0.3, 0.4) is 0 Å². The van der Waals surface area contributed by atoms with Gasteiger partial charge in [-0.15, -0.1) is 0 Å². The monoisotopic (exact) mass is 417 g/mol. The third-order valence-corrected chi connectivity index (χ3v) is 4.72. The summed E-state index contributed by atoms with van der Waals surface area (Å²) in [5.41, 5.74) is 0.954. The first-order chi connectivity index (χ1) is 13.8. The molecule has 8 heteroatoms. The molecule has 0 saturated carbocycles. The van der Waals surface area contributed by atoms with E-state index in [1.165, 1.54) is 11.0 Å². The molecule has 0 unspecified atom stereocenters. The summed E-state index contributed by atoms with van der Waals surface area (Å²) >= 11 is 6.05. The minimum atomic E-state index is -0.740. The maximum Gasteiger partial charge on any atom is 0.273 e. The van der Waals surface area contributed by atoms with Crippen LogP contribution in [-0.2, 0) is 22.6 Å². The summed E-state index contributed by atoms with van der Waals surface area (Å²) < 4.78 is 0. The molecule has 0 aliphatic rings. The Morgan fingerprint density at radius 3 is 2.59 bits per heavy atom. The Morgan fingerprint density at radius 1 is 1.21 bits per heavy atom. The summed E-state index contributed by atoms with van der Waals surface area (Å²) in [6, 6.07) is 12.4. The number of amides is 2. The Bertz CT molecular complexity index is 888. The number of para-hydroxylation sites is 1. The number of nitro benzene ring substituents is 1. The van der Waals surface area contributed by atoms with Crippen molar-refractivity contribution in [1.82, 2.24) is 10.2 Å². The van der Waals surface area contributed by atoms with Gasteiger partial charge in [0.05, 0.1) is 11.3 Å². The summed E-state index contributed by atoms with van der Waals surface area (Å²) in [6.07, 6.45) is 0.597. The fourth-order valence-corrected chi connectivity index (χ4v) is 3.13. The molecular formula is C21H24ClN3O4. The van der Waals surface area contributed by atoms with Crippen molar-refractivity contribution in [3.63, 3.8) is 0 Å². The van der Waals surface area contributed by atoms with Crippen molar-refractivity contribution >= 4 is 29.1 Å². The van der Waals surface area contributed by atoms with Crippen molar-refractivity contribution < 1.29 is 14.5 Å². The number of carbonyl (C=O) groups is 2. The fraction of sp³-hybridized carbons (Fsp3) is 0.333. The molecule has 0 bridgehead atoms. The minimum Gasteiger partial charge on any atom is -0.354 e. The Hall–Kier alpha value is -2.93. The zero-order valence-electron chi connectivity index (χ0n) is 16.4. The summed E-state index contributed by atoms with van der Waals surface area (Å²) in [7, 11) is 0. The zero-order chi connectivity index (χ0) is 21.4. The van der Waals surface area contributed by atoms with Crippen LogP contribution in [0.4, 0.5) is 5.69 Å². The third kappa shape index (κ3) is 6.29. The first kappa shape index (κ1) is 22.4. The van der Waals surface area contributed by atoms with E-state index >= 15 is 0 Å². The van der Waals surface area contributed by atoms with Crippen LogP contribution >= 0.6 is 11.6 Å². The molecule has 0 saturated heterocycles. The molecule has 0 heterocycles. The molecule has 0 aliphatic heterocycles.